The van der Waals surface area contributed by atoms with Gasteiger partial charge < -0.3 is 20.3 Å². The van der Waals surface area contributed by atoms with Crippen molar-refractivity contribution in [2.75, 3.05) is 13.7 Å². The minimum absolute atomic E-state index is 0.0452. The van der Waals surface area contributed by atoms with Gasteiger partial charge in [0.2, 0.25) is 0 Å². The Balaban J connectivity index is 1.38. The molecule has 2 atom stereocenters. The second-order valence-corrected chi connectivity index (χ2v) is 10.4. The van der Waals surface area contributed by atoms with Gasteiger partial charge >= 0.3 is 0 Å². The standard InChI is InChI=1S/C24H37NO3/c1-23(2,25)22(19-4-6-21(27-3)7-5-19)11-20(26)15-28-24-12-16-8-17(13-24)10-18(9-16)14-24/h4-7,16-18,20,22,26H,8-15,25H2,1-3H3. The molecule has 4 heteroatoms. The topological polar surface area (TPSA) is 64.7 Å². The molecule has 0 amide bonds. The van der Waals surface area contributed by atoms with Crippen molar-refractivity contribution in [1.82, 2.24) is 0 Å². The Hall–Kier alpha value is -1.10. The van der Waals surface area contributed by atoms with Crippen molar-refractivity contribution < 1.29 is 14.6 Å². The van der Waals surface area contributed by atoms with E-state index in [1.54, 1.807) is 7.11 Å². The van der Waals surface area contributed by atoms with Gasteiger partial charge in [-0.3, -0.25) is 0 Å². The summed E-state index contributed by atoms with van der Waals surface area (Å²) in [6, 6.07) is 8.05. The Morgan fingerprint density at radius 2 is 1.61 bits per heavy atom. The van der Waals surface area contributed by atoms with Crippen LogP contribution in [0.4, 0.5) is 0 Å². The first-order valence-corrected chi connectivity index (χ1v) is 11.0. The third kappa shape index (κ3) is 4.24. The highest BCUT2D eigenvalue weighted by Gasteiger charge is 2.51. The lowest BCUT2D eigenvalue weighted by atomic mass is 9.54. The van der Waals surface area contributed by atoms with Crippen LogP contribution in [0.15, 0.2) is 24.3 Å². The Morgan fingerprint density at radius 3 is 2.07 bits per heavy atom. The highest BCUT2D eigenvalue weighted by Crippen LogP contribution is 2.57. The zero-order valence-electron chi connectivity index (χ0n) is 17.7. The molecule has 4 bridgehead atoms. The molecule has 0 heterocycles. The van der Waals surface area contributed by atoms with Crippen molar-refractivity contribution >= 4 is 0 Å². The highest BCUT2D eigenvalue weighted by molar-refractivity contribution is 5.31. The van der Waals surface area contributed by atoms with E-state index in [0.717, 1.165) is 29.1 Å². The maximum absolute atomic E-state index is 10.8. The van der Waals surface area contributed by atoms with E-state index in [4.69, 9.17) is 15.2 Å². The fraction of sp³-hybridized carbons (Fsp3) is 0.750. The van der Waals surface area contributed by atoms with Gasteiger partial charge in [-0.1, -0.05) is 12.1 Å². The summed E-state index contributed by atoms with van der Waals surface area (Å²) in [7, 11) is 1.67. The summed E-state index contributed by atoms with van der Waals surface area (Å²) in [5.74, 6) is 3.48. The van der Waals surface area contributed by atoms with Crippen LogP contribution in [0.1, 0.15) is 70.3 Å². The number of hydrogen-bond donors (Lipinski definition) is 2. The molecule has 0 aromatic heterocycles. The van der Waals surface area contributed by atoms with Gasteiger partial charge in [-0.05, 0) is 94.2 Å². The first-order valence-electron chi connectivity index (χ1n) is 11.0. The summed E-state index contributed by atoms with van der Waals surface area (Å²) >= 11 is 0. The lowest BCUT2D eigenvalue weighted by Crippen LogP contribution is -2.52. The average Bonchev–Trinajstić information content (AvgIpc) is 2.63. The molecule has 0 radical (unpaired) electrons. The van der Waals surface area contributed by atoms with Crippen LogP contribution in [0.2, 0.25) is 0 Å². The van der Waals surface area contributed by atoms with Gasteiger partial charge in [0, 0.05) is 11.5 Å². The maximum atomic E-state index is 10.8. The molecule has 4 saturated carbocycles. The smallest absolute Gasteiger partial charge is 0.118 e. The number of nitrogens with two attached hydrogens (primary N) is 1. The lowest BCUT2D eigenvalue weighted by molar-refractivity contribution is -0.175. The van der Waals surface area contributed by atoms with Crippen LogP contribution in [0.3, 0.4) is 0 Å². The van der Waals surface area contributed by atoms with Gasteiger partial charge in [-0.25, -0.2) is 0 Å². The molecule has 0 aliphatic heterocycles. The van der Waals surface area contributed by atoms with Crippen molar-refractivity contribution in [2.45, 2.75) is 82.0 Å². The van der Waals surface area contributed by atoms with Crippen LogP contribution in [0, 0.1) is 17.8 Å². The van der Waals surface area contributed by atoms with Gasteiger partial charge in [0.05, 0.1) is 25.4 Å². The summed E-state index contributed by atoms with van der Waals surface area (Å²) in [5, 5.41) is 10.8. The average molecular weight is 388 g/mol. The van der Waals surface area contributed by atoms with Crippen LogP contribution in [-0.2, 0) is 4.74 Å². The van der Waals surface area contributed by atoms with Crippen molar-refractivity contribution in [1.29, 1.82) is 0 Å². The SMILES string of the molecule is COc1ccc(C(CC(O)COC23CC4CC(CC(C4)C2)C3)C(C)(C)N)cc1. The zero-order chi connectivity index (χ0) is 19.9. The van der Waals surface area contributed by atoms with E-state index in [-0.39, 0.29) is 11.5 Å². The van der Waals surface area contributed by atoms with E-state index in [0.29, 0.717) is 13.0 Å². The molecule has 5 rings (SSSR count). The largest absolute Gasteiger partial charge is 0.497 e. The third-order valence-corrected chi connectivity index (χ3v) is 7.49. The van der Waals surface area contributed by atoms with Gasteiger partial charge in [-0.15, -0.1) is 0 Å². The number of rotatable bonds is 8. The Bertz CT molecular complexity index is 628. The van der Waals surface area contributed by atoms with Crippen molar-refractivity contribution in [2.24, 2.45) is 23.5 Å². The lowest BCUT2D eigenvalue weighted by Gasteiger charge is -2.56. The van der Waals surface area contributed by atoms with Crippen molar-refractivity contribution in [3.05, 3.63) is 29.8 Å². The Kier molecular flexibility index (Phi) is 5.49. The highest BCUT2D eigenvalue weighted by atomic mass is 16.5. The quantitative estimate of drug-likeness (QED) is 0.700. The number of hydrogen-bond acceptors (Lipinski definition) is 4. The molecule has 3 N–H and O–H groups in total. The molecular weight excluding hydrogens is 350 g/mol. The van der Waals surface area contributed by atoms with E-state index in [1.807, 2.05) is 26.0 Å². The predicted molar refractivity (Wildman–Crippen MR) is 111 cm³/mol. The van der Waals surface area contributed by atoms with Crippen LogP contribution < -0.4 is 10.5 Å². The summed E-state index contributed by atoms with van der Waals surface area (Å²) in [5.41, 5.74) is 7.26. The summed E-state index contributed by atoms with van der Waals surface area (Å²) in [6.07, 6.45) is 7.96. The van der Waals surface area contributed by atoms with Gasteiger partial charge in [0.15, 0.2) is 0 Å². The minimum atomic E-state index is -0.497. The second kappa shape index (κ2) is 7.62. The molecule has 4 nitrogen and oxygen atoms in total. The maximum Gasteiger partial charge on any atom is 0.118 e. The first-order chi connectivity index (χ1) is 13.3. The molecule has 2 unspecified atom stereocenters. The molecule has 156 valence electrons. The summed E-state index contributed by atoms with van der Waals surface area (Å²) < 4.78 is 11.7. The van der Waals surface area contributed by atoms with E-state index >= 15 is 0 Å². The minimum Gasteiger partial charge on any atom is -0.497 e. The van der Waals surface area contributed by atoms with E-state index < -0.39 is 11.6 Å². The second-order valence-electron chi connectivity index (χ2n) is 10.4. The molecule has 0 spiro atoms. The van der Waals surface area contributed by atoms with Crippen LogP contribution >= 0.6 is 0 Å². The summed E-state index contributed by atoms with van der Waals surface area (Å²) in [6.45, 7) is 4.50. The number of aliphatic hydroxyl groups excluding tert-OH is 1. The fourth-order valence-corrected chi connectivity index (χ4v) is 6.53. The molecule has 4 fully saturated rings. The molecule has 0 saturated heterocycles. The molecule has 4 aliphatic carbocycles. The molecule has 28 heavy (non-hydrogen) atoms. The van der Waals surface area contributed by atoms with E-state index in [1.165, 1.54) is 38.5 Å². The molecule has 4 aliphatic rings. The predicted octanol–water partition coefficient (Wildman–Crippen LogP) is 4.25. The van der Waals surface area contributed by atoms with Crippen LogP contribution in [0.5, 0.6) is 5.75 Å². The first kappa shape index (κ1) is 20.2. The van der Waals surface area contributed by atoms with Crippen molar-refractivity contribution in [3.8, 4) is 5.75 Å². The van der Waals surface area contributed by atoms with Crippen LogP contribution in [-0.4, -0.2) is 36.1 Å². The zero-order valence-corrected chi connectivity index (χ0v) is 17.7. The monoisotopic (exact) mass is 387 g/mol. The number of methoxy groups -OCH3 is 1. The number of ether oxygens (including phenoxy) is 2. The van der Waals surface area contributed by atoms with Gasteiger partial charge in [-0.2, -0.15) is 0 Å². The Morgan fingerprint density at radius 1 is 1.07 bits per heavy atom. The number of benzene rings is 1. The normalized spacial score (nSPS) is 33.7. The van der Waals surface area contributed by atoms with E-state index in [2.05, 4.69) is 12.1 Å². The summed E-state index contributed by atoms with van der Waals surface area (Å²) in [4.78, 5) is 0. The molecular formula is C24H37NO3. The molecule has 1 aromatic rings. The Labute approximate surface area is 169 Å². The van der Waals surface area contributed by atoms with Gasteiger partial charge in [0.25, 0.3) is 0 Å². The van der Waals surface area contributed by atoms with E-state index in [9.17, 15) is 5.11 Å². The van der Waals surface area contributed by atoms with Gasteiger partial charge in [0.1, 0.15) is 5.75 Å². The third-order valence-electron chi connectivity index (χ3n) is 7.49. The van der Waals surface area contributed by atoms with Crippen LogP contribution in [0.25, 0.3) is 0 Å². The van der Waals surface area contributed by atoms with Crippen molar-refractivity contribution in [3.63, 3.8) is 0 Å². The fourth-order valence-electron chi connectivity index (χ4n) is 6.53. The number of aliphatic hydroxyl groups is 1. The molecule has 1 aromatic carbocycles.